The molecule has 1 saturated carbocycles. The van der Waals surface area contributed by atoms with E-state index in [9.17, 15) is 13.2 Å². The first-order valence-electron chi connectivity index (χ1n) is 9.70. The number of carbonyl (C=O) groups is 1. The number of hydrogen-bond donors (Lipinski definition) is 0. The SMILES string of the molecule is Cc1nn(C)c(C)c1S(=O)(=O)N1CCCN(C(=O)CSC2CCCC2)CC1. The van der Waals surface area contributed by atoms with Gasteiger partial charge in [0.2, 0.25) is 15.9 Å². The minimum Gasteiger partial charge on any atom is -0.341 e. The summed E-state index contributed by atoms with van der Waals surface area (Å²) in [5.74, 6) is 0.651. The lowest BCUT2D eigenvalue weighted by molar-refractivity contribution is -0.128. The highest BCUT2D eigenvalue weighted by Crippen LogP contribution is 2.29. The lowest BCUT2D eigenvalue weighted by Crippen LogP contribution is -2.38. The van der Waals surface area contributed by atoms with Crippen molar-refractivity contribution in [1.29, 1.82) is 0 Å². The van der Waals surface area contributed by atoms with Gasteiger partial charge in [0.1, 0.15) is 4.90 Å². The quantitative estimate of drug-likeness (QED) is 0.736. The van der Waals surface area contributed by atoms with Crippen molar-refractivity contribution >= 4 is 27.7 Å². The fourth-order valence-electron chi connectivity index (χ4n) is 3.98. The largest absolute Gasteiger partial charge is 0.341 e. The van der Waals surface area contributed by atoms with Gasteiger partial charge >= 0.3 is 0 Å². The van der Waals surface area contributed by atoms with E-state index in [4.69, 9.17) is 0 Å². The van der Waals surface area contributed by atoms with E-state index in [1.54, 1.807) is 37.3 Å². The molecule has 1 amide bonds. The molecule has 2 heterocycles. The smallest absolute Gasteiger partial charge is 0.246 e. The Kier molecular flexibility index (Phi) is 6.53. The van der Waals surface area contributed by atoms with Crippen LogP contribution in [0.5, 0.6) is 0 Å². The van der Waals surface area contributed by atoms with Gasteiger partial charge in [-0.05, 0) is 33.1 Å². The Morgan fingerprint density at radius 1 is 1.11 bits per heavy atom. The Morgan fingerprint density at radius 2 is 1.81 bits per heavy atom. The molecule has 0 unspecified atom stereocenters. The van der Waals surface area contributed by atoms with E-state index in [0.29, 0.717) is 59.9 Å². The molecule has 1 aliphatic carbocycles. The summed E-state index contributed by atoms with van der Waals surface area (Å²) in [5, 5.41) is 4.86. The van der Waals surface area contributed by atoms with Gasteiger partial charge in [0, 0.05) is 38.5 Å². The van der Waals surface area contributed by atoms with Crippen molar-refractivity contribution in [3.63, 3.8) is 0 Å². The fraction of sp³-hybridized carbons (Fsp3) is 0.778. The molecule has 1 saturated heterocycles. The van der Waals surface area contributed by atoms with Gasteiger partial charge in [-0.2, -0.15) is 9.40 Å². The first-order chi connectivity index (χ1) is 12.8. The van der Waals surface area contributed by atoms with Crippen molar-refractivity contribution in [3.8, 4) is 0 Å². The third-order valence-electron chi connectivity index (χ3n) is 5.59. The highest BCUT2D eigenvalue weighted by molar-refractivity contribution is 8.00. The van der Waals surface area contributed by atoms with Gasteiger partial charge in [-0.25, -0.2) is 8.42 Å². The summed E-state index contributed by atoms with van der Waals surface area (Å²) in [4.78, 5) is 14.7. The average molecular weight is 415 g/mol. The van der Waals surface area contributed by atoms with Gasteiger partial charge in [0.25, 0.3) is 0 Å². The van der Waals surface area contributed by atoms with Crippen LogP contribution in [0.15, 0.2) is 4.90 Å². The molecule has 1 aromatic heterocycles. The molecule has 1 aromatic rings. The van der Waals surface area contributed by atoms with Gasteiger partial charge in [-0.1, -0.05) is 12.8 Å². The maximum absolute atomic E-state index is 13.1. The summed E-state index contributed by atoms with van der Waals surface area (Å²) in [6.45, 7) is 5.38. The van der Waals surface area contributed by atoms with Crippen LogP contribution in [-0.4, -0.2) is 70.5 Å². The highest BCUT2D eigenvalue weighted by Gasteiger charge is 2.32. The summed E-state index contributed by atoms with van der Waals surface area (Å²) in [6.07, 6.45) is 5.64. The number of aryl methyl sites for hydroxylation is 2. The minimum absolute atomic E-state index is 0.139. The molecule has 7 nitrogen and oxygen atoms in total. The van der Waals surface area contributed by atoms with E-state index in [2.05, 4.69) is 5.10 Å². The lowest BCUT2D eigenvalue weighted by Gasteiger charge is -2.22. The topological polar surface area (TPSA) is 75.5 Å². The number of aromatic nitrogens is 2. The van der Waals surface area contributed by atoms with Gasteiger partial charge < -0.3 is 4.90 Å². The Morgan fingerprint density at radius 3 is 2.44 bits per heavy atom. The molecular weight excluding hydrogens is 384 g/mol. The first kappa shape index (κ1) is 20.7. The molecule has 3 rings (SSSR count). The standard InChI is InChI=1S/C18H30N4O3S2/c1-14-18(15(2)20(3)19-14)27(24,25)22-10-6-9-21(11-12-22)17(23)13-26-16-7-4-5-8-16/h16H,4-13H2,1-3H3. The molecule has 0 radical (unpaired) electrons. The number of rotatable bonds is 5. The molecule has 9 heteroatoms. The molecule has 0 N–H and O–H groups in total. The number of carbonyl (C=O) groups excluding carboxylic acids is 1. The lowest BCUT2D eigenvalue weighted by atomic mass is 10.4. The van der Waals surface area contributed by atoms with E-state index in [1.165, 1.54) is 30.0 Å². The molecule has 0 atom stereocenters. The molecule has 1 aliphatic heterocycles. The van der Waals surface area contributed by atoms with E-state index >= 15 is 0 Å². The maximum atomic E-state index is 13.1. The van der Waals surface area contributed by atoms with Crippen molar-refractivity contribution in [1.82, 2.24) is 19.0 Å². The van der Waals surface area contributed by atoms with Crippen molar-refractivity contribution in [2.24, 2.45) is 7.05 Å². The molecule has 2 fully saturated rings. The zero-order valence-corrected chi connectivity index (χ0v) is 18.1. The zero-order valence-electron chi connectivity index (χ0n) is 16.5. The van der Waals surface area contributed by atoms with Gasteiger partial charge in [-0.15, -0.1) is 11.8 Å². The summed E-state index contributed by atoms with van der Waals surface area (Å²) < 4.78 is 29.4. The van der Waals surface area contributed by atoms with Crippen molar-refractivity contribution < 1.29 is 13.2 Å². The Labute approximate surface area is 166 Å². The van der Waals surface area contributed by atoms with Crippen LogP contribution in [0.3, 0.4) is 0 Å². The predicted octanol–water partition coefficient (Wildman–Crippen LogP) is 1.94. The van der Waals surface area contributed by atoms with E-state index in [-0.39, 0.29) is 5.91 Å². The van der Waals surface area contributed by atoms with Crippen LogP contribution in [0.2, 0.25) is 0 Å². The van der Waals surface area contributed by atoms with Crippen molar-refractivity contribution in [3.05, 3.63) is 11.4 Å². The third kappa shape index (κ3) is 4.51. The van der Waals surface area contributed by atoms with Crippen LogP contribution in [0, 0.1) is 13.8 Å². The molecule has 27 heavy (non-hydrogen) atoms. The second-order valence-corrected chi connectivity index (χ2v) is 10.6. The molecule has 0 aromatic carbocycles. The zero-order chi connectivity index (χ0) is 19.6. The second-order valence-electron chi connectivity index (χ2n) is 7.48. The van der Waals surface area contributed by atoms with Crippen LogP contribution in [0.4, 0.5) is 0 Å². The normalized spacial score (nSPS) is 20.2. The van der Waals surface area contributed by atoms with E-state index in [0.717, 1.165) is 0 Å². The summed E-state index contributed by atoms with van der Waals surface area (Å²) in [7, 11) is -1.84. The summed E-state index contributed by atoms with van der Waals surface area (Å²) in [5.41, 5.74) is 1.18. The number of thioether (sulfide) groups is 1. The van der Waals surface area contributed by atoms with Crippen LogP contribution >= 0.6 is 11.8 Å². The van der Waals surface area contributed by atoms with E-state index < -0.39 is 10.0 Å². The predicted molar refractivity (Wildman–Crippen MR) is 107 cm³/mol. The highest BCUT2D eigenvalue weighted by atomic mass is 32.2. The van der Waals surface area contributed by atoms with Crippen LogP contribution in [-0.2, 0) is 21.9 Å². The second kappa shape index (κ2) is 8.53. The van der Waals surface area contributed by atoms with Gasteiger partial charge in [-0.3, -0.25) is 9.48 Å². The third-order valence-corrected chi connectivity index (χ3v) is 9.10. The van der Waals surface area contributed by atoms with Gasteiger partial charge in [0.05, 0.1) is 17.1 Å². The molecule has 152 valence electrons. The monoisotopic (exact) mass is 414 g/mol. The number of sulfonamides is 1. The summed E-state index contributed by atoms with van der Waals surface area (Å²) in [6, 6.07) is 0. The number of hydrogen-bond acceptors (Lipinski definition) is 5. The Bertz CT molecular complexity index is 785. The minimum atomic E-state index is -3.59. The van der Waals surface area contributed by atoms with Crippen LogP contribution in [0.25, 0.3) is 0 Å². The van der Waals surface area contributed by atoms with Gasteiger partial charge in [0.15, 0.2) is 0 Å². The van der Waals surface area contributed by atoms with E-state index in [1.807, 2.05) is 4.90 Å². The Balaban J connectivity index is 1.62. The maximum Gasteiger partial charge on any atom is 0.246 e. The summed E-state index contributed by atoms with van der Waals surface area (Å²) >= 11 is 1.77. The van der Waals surface area contributed by atoms with Crippen molar-refractivity contribution in [2.75, 3.05) is 31.9 Å². The van der Waals surface area contributed by atoms with Crippen molar-refractivity contribution in [2.45, 2.75) is 56.1 Å². The van der Waals surface area contributed by atoms with Crippen LogP contribution in [0.1, 0.15) is 43.5 Å². The average Bonchev–Trinajstić information content (AvgIpc) is 3.12. The van der Waals surface area contributed by atoms with Crippen LogP contribution < -0.4 is 0 Å². The molecule has 2 aliphatic rings. The first-order valence-corrected chi connectivity index (χ1v) is 12.2. The number of nitrogens with zero attached hydrogens (tertiary/aromatic N) is 4. The number of amides is 1. The molecule has 0 spiro atoms. The Hall–Kier alpha value is -1.06. The molecular formula is C18H30N4O3S2. The molecule has 0 bridgehead atoms. The fourth-order valence-corrected chi connectivity index (χ4v) is 7.07.